The van der Waals surface area contributed by atoms with Crippen LogP contribution in [0.5, 0.6) is 11.5 Å². The molecular formula is C11H14O5S. The van der Waals surface area contributed by atoms with Crippen molar-refractivity contribution < 1.29 is 22.1 Å². The number of carbonyl (C=O) groups is 1. The fourth-order valence-corrected chi connectivity index (χ4v) is 1.74. The smallest absolute Gasteiger partial charge is 0.306 e. The van der Waals surface area contributed by atoms with Gasteiger partial charge in [-0.15, -0.1) is 0 Å². The number of methoxy groups -OCH3 is 1. The normalized spacial score (nSPS) is 11.0. The minimum atomic E-state index is -3.61. The van der Waals surface area contributed by atoms with E-state index in [1.165, 1.54) is 25.3 Å². The van der Waals surface area contributed by atoms with Crippen LogP contribution in [0.4, 0.5) is 0 Å². The van der Waals surface area contributed by atoms with Crippen molar-refractivity contribution in [3.8, 4) is 11.5 Å². The van der Waals surface area contributed by atoms with Gasteiger partial charge in [0, 0.05) is 12.0 Å². The van der Waals surface area contributed by atoms with Gasteiger partial charge in [0.15, 0.2) is 17.3 Å². The minimum Gasteiger partial charge on any atom is -0.493 e. The molecule has 0 aliphatic carbocycles. The van der Waals surface area contributed by atoms with Crippen LogP contribution in [0.15, 0.2) is 18.2 Å². The Morgan fingerprint density at radius 1 is 1.29 bits per heavy atom. The van der Waals surface area contributed by atoms with Crippen LogP contribution in [-0.4, -0.2) is 27.6 Å². The molecule has 0 bridgehead atoms. The number of ketones is 1. The van der Waals surface area contributed by atoms with Gasteiger partial charge in [-0.3, -0.25) is 4.79 Å². The molecule has 0 saturated heterocycles. The van der Waals surface area contributed by atoms with E-state index in [4.69, 9.17) is 8.92 Å². The highest BCUT2D eigenvalue weighted by molar-refractivity contribution is 7.86. The molecule has 0 radical (unpaired) electrons. The Bertz CT molecular complexity index is 519. The lowest BCUT2D eigenvalue weighted by molar-refractivity contribution is 0.0988. The molecule has 94 valence electrons. The first-order chi connectivity index (χ1) is 7.87. The number of benzene rings is 1. The molecule has 0 fully saturated rings. The predicted molar refractivity (Wildman–Crippen MR) is 63.1 cm³/mol. The van der Waals surface area contributed by atoms with Gasteiger partial charge in [0.2, 0.25) is 0 Å². The van der Waals surface area contributed by atoms with Gasteiger partial charge in [0.25, 0.3) is 0 Å². The number of hydrogen-bond donors (Lipinski definition) is 0. The quantitative estimate of drug-likeness (QED) is 0.593. The van der Waals surface area contributed by atoms with Crippen molar-refractivity contribution >= 4 is 15.9 Å². The van der Waals surface area contributed by atoms with E-state index in [1.54, 1.807) is 6.92 Å². The third kappa shape index (κ3) is 3.74. The summed E-state index contributed by atoms with van der Waals surface area (Å²) in [5.74, 6) is 0.242. The van der Waals surface area contributed by atoms with Crippen LogP contribution in [-0.2, 0) is 10.1 Å². The van der Waals surface area contributed by atoms with Crippen LogP contribution < -0.4 is 8.92 Å². The molecular weight excluding hydrogens is 244 g/mol. The van der Waals surface area contributed by atoms with Gasteiger partial charge in [-0.1, -0.05) is 6.92 Å². The first kappa shape index (κ1) is 13.5. The summed E-state index contributed by atoms with van der Waals surface area (Å²) in [4.78, 5) is 11.5. The summed E-state index contributed by atoms with van der Waals surface area (Å²) in [6, 6.07) is 4.38. The van der Waals surface area contributed by atoms with E-state index in [0.29, 0.717) is 12.0 Å². The molecule has 5 nitrogen and oxygen atoms in total. The molecule has 1 aromatic carbocycles. The maximum Gasteiger partial charge on any atom is 0.306 e. The van der Waals surface area contributed by atoms with E-state index in [9.17, 15) is 13.2 Å². The van der Waals surface area contributed by atoms with Crippen molar-refractivity contribution in [3.63, 3.8) is 0 Å². The Morgan fingerprint density at radius 3 is 2.41 bits per heavy atom. The van der Waals surface area contributed by atoms with E-state index in [-0.39, 0.29) is 17.3 Å². The zero-order valence-corrected chi connectivity index (χ0v) is 10.7. The first-order valence-electron chi connectivity index (χ1n) is 4.98. The molecule has 0 amide bonds. The van der Waals surface area contributed by atoms with Gasteiger partial charge < -0.3 is 8.92 Å². The molecule has 0 spiro atoms. The summed E-state index contributed by atoms with van der Waals surface area (Å²) in [6.07, 6.45) is 1.31. The van der Waals surface area contributed by atoms with Gasteiger partial charge in [0.1, 0.15) is 0 Å². The average molecular weight is 258 g/mol. The summed E-state index contributed by atoms with van der Waals surface area (Å²) in [7, 11) is -2.23. The summed E-state index contributed by atoms with van der Waals surface area (Å²) < 4.78 is 31.7. The highest BCUT2D eigenvalue weighted by Gasteiger charge is 2.13. The number of hydrogen-bond acceptors (Lipinski definition) is 5. The van der Waals surface area contributed by atoms with Crippen LogP contribution in [0.25, 0.3) is 0 Å². The largest absolute Gasteiger partial charge is 0.493 e. The standard InChI is InChI=1S/C11H14O5S/c1-4-9(12)8-5-6-10(11(7-8)15-2)16-17(3,13)14/h5-7H,4H2,1-3H3. The molecule has 17 heavy (non-hydrogen) atoms. The third-order valence-corrected chi connectivity index (χ3v) is 2.53. The number of carbonyl (C=O) groups excluding carboxylic acids is 1. The van der Waals surface area contributed by atoms with Crippen molar-refractivity contribution in [2.45, 2.75) is 13.3 Å². The molecule has 0 unspecified atom stereocenters. The maximum absolute atomic E-state index is 11.5. The zero-order chi connectivity index (χ0) is 13.1. The highest BCUT2D eigenvalue weighted by Crippen LogP contribution is 2.29. The Hall–Kier alpha value is -1.56. The van der Waals surface area contributed by atoms with Gasteiger partial charge in [-0.2, -0.15) is 8.42 Å². The van der Waals surface area contributed by atoms with E-state index in [0.717, 1.165) is 6.26 Å². The van der Waals surface area contributed by atoms with E-state index >= 15 is 0 Å². The van der Waals surface area contributed by atoms with E-state index in [2.05, 4.69) is 0 Å². The minimum absolute atomic E-state index is 0.0470. The lowest BCUT2D eigenvalue weighted by atomic mass is 10.1. The predicted octanol–water partition coefficient (Wildman–Crippen LogP) is 1.63. The zero-order valence-electron chi connectivity index (χ0n) is 9.89. The first-order valence-corrected chi connectivity index (χ1v) is 6.79. The van der Waals surface area contributed by atoms with Crippen molar-refractivity contribution in [3.05, 3.63) is 23.8 Å². The molecule has 0 atom stereocenters. The second-order valence-electron chi connectivity index (χ2n) is 3.43. The Balaban J connectivity index is 3.14. The SMILES string of the molecule is CCC(=O)c1ccc(OS(C)(=O)=O)c(OC)c1. The van der Waals surface area contributed by atoms with Gasteiger partial charge in [-0.05, 0) is 18.2 Å². The fourth-order valence-electron chi connectivity index (χ4n) is 1.28. The van der Waals surface area contributed by atoms with Crippen molar-refractivity contribution in [2.24, 2.45) is 0 Å². The Labute approximate surface area is 100 Å². The summed E-state index contributed by atoms with van der Waals surface area (Å²) in [5, 5.41) is 0. The lowest BCUT2D eigenvalue weighted by Crippen LogP contribution is -2.07. The maximum atomic E-state index is 11.5. The van der Waals surface area contributed by atoms with Crippen LogP contribution in [0.2, 0.25) is 0 Å². The van der Waals surface area contributed by atoms with Crippen LogP contribution >= 0.6 is 0 Å². The van der Waals surface area contributed by atoms with E-state index < -0.39 is 10.1 Å². The Kier molecular flexibility index (Phi) is 4.11. The molecule has 0 aliphatic rings. The monoisotopic (exact) mass is 258 g/mol. The van der Waals surface area contributed by atoms with Crippen LogP contribution in [0.1, 0.15) is 23.7 Å². The molecule has 0 N–H and O–H groups in total. The molecule has 0 saturated carbocycles. The molecule has 1 rings (SSSR count). The number of Topliss-reactive ketones (excluding diaryl/α,β-unsaturated/α-hetero) is 1. The van der Waals surface area contributed by atoms with Crippen molar-refractivity contribution in [1.82, 2.24) is 0 Å². The highest BCUT2D eigenvalue weighted by atomic mass is 32.2. The van der Waals surface area contributed by atoms with Crippen molar-refractivity contribution in [1.29, 1.82) is 0 Å². The summed E-state index contributed by atoms with van der Waals surface area (Å²) in [5.41, 5.74) is 0.463. The molecule has 0 aliphatic heterocycles. The number of rotatable bonds is 5. The lowest BCUT2D eigenvalue weighted by Gasteiger charge is -2.09. The second-order valence-corrected chi connectivity index (χ2v) is 5.00. The van der Waals surface area contributed by atoms with Gasteiger partial charge in [-0.25, -0.2) is 0 Å². The van der Waals surface area contributed by atoms with Gasteiger partial charge in [0.05, 0.1) is 13.4 Å². The van der Waals surface area contributed by atoms with Crippen molar-refractivity contribution in [2.75, 3.05) is 13.4 Å². The third-order valence-electron chi connectivity index (χ3n) is 2.05. The fraction of sp³-hybridized carbons (Fsp3) is 0.364. The Morgan fingerprint density at radius 2 is 1.94 bits per heavy atom. The van der Waals surface area contributed by atoms with Gasteiger partial charge >= 0.3 is 10.1 Å². The molecule has 1 aromatic rings. The van der Waals surface area contributed by atoms with Crippen LogP contribution in [0.3, 0.4) is 0 Å². The van der Waals surface area contributed by atoms with E-state index in [1.807, 2.05) is 0 Å². The second kappa shape index (κ2) is 5.18. The number of ether oxygens (including phenoxy) is 1. The average Bonchev–Trinajstić information content (AvgIpc) is 2.26. The molecule has 0 aromatic heterocycles. The molecule has 6 heteroatoms. The summed E-state index contributed by atoms with van der Waals surface area (Å²) in [6.45, 7) is 1.75. The summed E-state index contributed by atoms with van der Waals surface area (Å²) >= 11 is 0. The molecule has 0 heterocycles. The van der Waals surface area contributed by atoms with Crippen LogP contribution in [0, 0.1) is 0 Å². The topological polar surface area (TPSA) is 69.7 Å².